The summed E-state index contributed by atoms with van der Waals surface area (Å²) in [6, 6.07) is 7.74. The first-order valence-corrected chi connectivity index (χ1v) is 5.40. The van der Waals surface area contributed by atoms with Gasteiger partial charge in [0, 0.05) is 6.08 Å². The highest BCUT2D eigenvalue weighted by Crippen LogP contribution is 2.13. The molecule has 0 heterocycles. The van der Waals surface area contributed by atoms with Crippen LogP contribution in [0, 0.1) is 0 Å². The van der Waals surface area contributed by atoms with Gasteiger partial charge in [0.1, 0.15) is 0 Å². The molecule has 1 rings (SSSR count). The van der Waals surface area contributed by atoms with Gasteiger partial charge in [0.25, 0.3) is 0 Å². The van der Waals surface area contributed by atoms with Crippen LogP contribution in [0.1, 0.15) is 30.9 Å². The molecule has 0 saturated carbocycles. The lowest BCUT2D eigenvalue weighted by Crippen LogP contribution is -1.87. The van der Waals surface area contributed by atoms with E-state index < -0.39 is 5.97 Å². The quantitative estimate of drug-likeness (QED) is 0.763. The molecule has 0 saturated heterocycles. The summed E-state index contributed by atoms with van der Waals surface area (Å²) in [6.45, 7) is 2.13. The van der Waals surface area contributed by atoms with E-state index in [1.54, 1.807) is 6.08 Å². The van der Waals surface area contributed by atoms with E-state index in [1.807, 2.05) is 30.3 Å². The number of unbranched alkanes of at least 4 members (excludes halogenated alkanes) is 1. The molecule has 0 amide bonds. The average molecular weight is 216 g/mol. The Morgan fingerprint density at radius 3 is 2.44 bits per heavy atom. The minimum Gasteiger partial charge on any atom is -0.478 e. The first kappa shape index (κ1) is 12.2. The molecule has 16 heavy (non-hydrogen) atoms. The Kier molecular flexibility index (Phi) is 5.06. The van der Waals surface area contributed by atoms with Crippen molar-refractivity contribution in [2.75, 3.05) is 0 Å². The van der Waals surface area contributed by atoms with E-state index in [2.05, 4.69) is 13.0 Å². The summed E-state index contributed by atoms with van der Waals surface area (Å²) in [4.78, 5) is 10.4. The third kappa shape index (κ3) is 4.13. The van der Waals surface area contributed by atoms with Gasteiger partial charge in [-0.1, -0.05) is 49.8 Å². The van der Waals surface area contributed by atoms with Crippen LogP contribution in [-0.2, 0) is 4.79 Å². The Morgan fingerprint density at radius 2 is 1.88 bits per heavy atom. The molecule has 84 valence electrons. The van der Waals surface area contributed by atoms with Gasteiger partial charge in [0.05, 0.1) is 0 Å². The number of hydrogen-bond acceptors (Lipinski definition) is 1. The van der Waals surface area contributed by atoms with Crippen LogP contribution in [-0.4, -0.2) is 11.1 Å². The highest BCUT2D eigenvalue weighted by Gasteiger charge is 1.94. The standard InChI is InChI=1S/C14H16O2/c1-2-3-4-7-12-8-5-6-9-13(12)10-11-14(15)16/h4-11H,2-3H2,1H3,(H,15,16)/b7-4-,11-10+. The van der Waals surface area contributed by atoms with E-state index in [0.717, 1.165) is 30.0 Å². The highest BCUT2D eigenvalue weighted by atomic mass is 16.4. The molecule has 0 aliphatic carbocycles. The Morgan fingerprint density at radius 1 is 1.25 bits per heavy atom. The number of rotatable bonds is 5. The van der Waals surface area contributed by atoms with Crippen LogP contribution in [0.25, 0.3) is 12.2 Å². The zero-order valence-electron chi connectivity index (χ0n) is 9.39. The molecule has 0 radical (unpaired) electrons. The topological polar surface area (TPSA) is 37.3 Å². The molecule has 0 unspecified atom stereocenters. The maximum Gasteiger partial charge on any atom is 0.328 e. The summed E-state index contributed by atoms with van der Waals surface area (Å²) < 4.78 is 0. The second kappa shape index (κ2) is 6.62. The summed E-state index contributed by atoms with van der Waals surface area (Å²) in [5, 5.41) is 8.57. The van der Waals surface area contributed by atoms with Gasteiger partial charge in [-0.15, -0.1) is 0 Å². The molecule has 2 heteroatoms. The van der Waals surface area contributed by atoms with Crippen LogP contribution in [0.15, 0.2) is 36.4 Å². The second-order valence-electron chi connectivity index (χ2n) is 3.49. The molecule has 0 aliphatic heterocycles. The first-order valence-electron chi connectivity index (χ1n) is 5.40. The third-order valence-corrected chi connectivity index (χ3v) is 2.15. The van der Waals surface area contributed by atoms with Crippen molar-refractivity contribution in [1.82, 2.24) is 0 Å². The van der Waals surface area contributed by atoms with Crippen molar-refractivity contribution in [3.8, 4) is 0 Å². The smallest absolute Gasteiger partial charge is 0.328 e. The van der Waals surface area contributed by atoms with Crippen LogP contribution in [0.5, 0.6) is 0 Å². The highest BCUT2D eigenvalue weighted by molar-refractivity contribution is 5.86. The van der Waals surface area contributed by atoms with E-state index in [0.29, 0.717) is 0 Å². The Bertz CT molecular complexity index is 403. The van der Waals surface area contributed by atoms with Gasteiger partial charge in [-0.3, -0.25) is 0 Å². The molecular formula is C14H16O2. The van der Waals surface area contributed by atoms with Crippen LogP contribution in [0.4, 0.5) is 0 Å². The summed E-state index contributed by atoms with van der Waals surface area (Å²) in [7, 11) is 0. The van der Waals surface area contributed by atoms with Gasteiger partial charge < -0.3 is 5.11 Å². The van der Waals surface area contributed by atoms with Crippen LogP contribution >= 0.6 is 0 Å². The molecule has 2 nitrogen and oxygen atoms in total. The molecule has 0 fully saturated rings. The van der Waals surface area contributed by atoms with E-state index in [1.165, 1.54) is 0 Å². The largest absolute Gasteiger partial charge is 0.478 e. The van der Waals surface area contributed by atoms with Crippen LogP contribution in [0.2, 0.25) is 0 Å². The number of benzene rings is 1. The number of carboxylic acids is 1. The van der Waals surface area contributed by atoms with Crippen molar-refractivity contribution in [2.45, 2.75) is 19.8 Å². The lowest BCUT2D eigenvalue weighted by Gasteiger charge is -1.99. The van der Waals surface area contributed by atoms with E-state index in [9.17, 15) is 4.79 Å². The fourth-order valence-corrected chi connectivity index (χ4v) is 1.35. The minimum absolute atomic E-state index is 0.924. The van der Waals surface area contributed by atoms with Crippen molar-refractivity contribution in [2.24, 2.45) is 0 Å². The Hall–Kier alpha value is -1.83. The van der Waals surface area contributed by atoms with Crippen LogP contribution < -0.4 is 0 Å². The van der Waals surface area contributed by atoms with Crippen LogP contribution in [0.3, 0.4) is 0 Å². The lowest BCUT2D eigenvalue weighted by atomic mass is 10.1. The summed E-state index contributed by atoms with van der Waals surface area (Å²) in [6.07, 6.45) is 9.07. The van der Waals surface area contributed by atoms with Crippen molar-refractivity contribution in [3.63, 3.8) is 0 Å². The van der Waals surface area contributed by atoms with Crippen molar-refractivity contribution in [1.29, 1.82) is 0 Å². The molecule has 0 atom stereocenters. The first-order chi connectivity index (χ1) is 7.74. The third-order valence-electron chi connectivity index (χ3n) is 2.15. The van der Waals surface area contributed by atoms with Crippen molar-refractivity contribution in [3.05, 3.63) is 47.5 Å². The zero-order valence-corrected chi connectivity index (χ0v) is 9.39. The molecule has 0 aromatic heterocycles. The lowest BCUT2D eigenvalue weighted by molar-refractivity contribution is -0.131. The molecular weight excluding hydrogens is 200 g/mol. The number of carbonyl (C=O) groups is 1. The fourth-order valence-electron chi connectivity index (χ4n) is 1.35. The predicted molar refractivity (Wildman–Crippen MR) is 67.1 cm³/mol. The number of carboxylic acid groups (broad SMARTS) is 1. The van der Waals surface area contributed by atoms with Gasteiger partial charge >= 0.3 is 5.97 Å². The van der Waals surface area contributed by atoms with Gasteiger partial charge in [-0.2, -0.15) is 0 Å². The van der Waals surface area contributed by atoms with E-state index >= 15 is 0 Å². The number of allylic oxidation sites excluding steroid dienone is 1. The maximum atomic E-state index is 10.4. The molecule has 1 N–H and O–H groups in total. The van der Waals surface area contributed by atoms with Gasteiger partial charge in [0.15, 0.2) is 0 Å². The Labute approximate surface area is 95.9 Å². The average Bonchev–Trinajstić information content (AvgIpc) is 2.28. The van der Waals surface area contributed by atoms with Gasteiger partial charge in [0.2, 0.25) is 0 Å². The predicted octanol–water partition coefficient (Wildman–Crippen LogP) is 3.60. The number of hydrogen-bond donors (Lipinski definition) is 1. The molecule has 0 bridgehead atoms. The molecule has 0 aliphatic rings. The van der Waals surface area contributed by atoms with Crippen molar-refractivity contribution < 1.29 is 9.90 Å². The summed E-state index contributed by atoms with van der Waals surface area (Å²) in [5.74, 6) is -0.924. The van der Waals surface area contributed by atoms with Crippen molar-refractivity contribution >= 4 is 18.1 Å². The Balaban J connectivity index is 2.87. The SMILES string of the molecule is CCC/C=C\c1ccccc1/C=C/C(=O)O. The second-order valence-corrected chi connectivity index (χ2v) is 3.49. The normalized spacial score (nSPS) is 11.3. The van der Waals surface area contributed by atoms with Gasteiger partial charge in [-0.05, 0) is 23.6 Å². The maximum absolute atomic E-state index is 10.4. The van der Waals surface area contributed by atoms with E-state index in [4.69, 9.17) is 5.11 Å². The van der Waals surface area contributed by atoms with E-state index in [-0.39, 0.29) is 0 Å². The number of aliphatic carboxylic acids is 1. The monoisotopic (exact) mass is 216 g/mol. The summed E-state index contributed by atoms with van der Waals surface area (Å²) in [5.41, 5.74) is 1.98. The molecule has 1 aromatic rings. The fraction of sp³-hybridized carbons (Fsp3) is 0.214. The van der Waals surface area contributed by atoms with Gasteiger partial charge in [-0.25, -0.2) is 4.79 Å². The zero-order chi connectivity index (χ0) is 11.8. The minimum atomic E-state index is -0.924. The molecule has 0 spiro atoms. The summed E-state index contributed by atoms with van der Waals surface area (Å²) >= 11 is 0. The molecule has 1 aromatic carbocycles.